The van der Waals surface area contributed by atoms with Crippen molar-refractivity contribution in [1.29, 1.82) is 0 Å². The molecule has 0 aliphatic rings. The summed E-state index contributed by atoms with van der Waals surface area (Å²) in [6.45, 7) is 6.16. The topological polar surface area (TPSA) is 50.8 Å². The third-order valence-corrected chi connectivity index (χ3v) is 4.42. The van der Waals surface area contributed by atoms with Crippen LogP contribution in [0.5, 0.6) is 11.5 Å². The number of carbonyl (C=O) groups is 1. The van der Waals surface area contributed by atoms with Gasteiger partial charge in [-0.2, -0.15) is 0 Å². The third kappa shape index (κ3) is 4.99. The number of carbonyl (C=O) groups excluding carboxylic acids is 1. The van der Waals surface area contributed by atoms with Crippen LogP contribution in [0.15, 0.2) is 48.5 Å². The molecular formula is C21H28N2O3. The SMILES string of the molecule is CCN(CC)C(C(=O)NCc1cc(OC)cc(OC)c1)c1ccccc1. The lowest BCUT2D eigenvalue weighted by Crippen LogP contribution is -2.40. The number of nitrogens with one attached hydrogen (secondary N) is 1. The summed E-state index contributed by atoms with van der Waals surface area (Å²) >= 11 is 0. The number of hydrogen-bond acceptors (Lipinski definition) is 4. The molecule has 0 saturated heterocycles. The molecule has 2 aromatic carbocycles. The van der Waals surface area contributed by atoms with Gasteiger partial charge in [0.2, 0.25) is 5.91 Å². The molecule has 0 aromatic heterocycles. The van der Waals surface area contributed by atoms with Crippen LogP contribution in [-0.4, -0.2) is 38.1 Å². The molecule has 0 heterocycles. The van der Waals surface area contributed by atoms with Crippen LogP contribution in [-0.2, 0) is 11.3 Å². The van der Waals surface area contributed by atoms with Gasteiger partial charge in [-0.25, -0.2) is 0 Å². The van der Waals surface area contributed by atoms with Gasteiger partial charge < -0.3 is 14.8 Å². The molecule has 0 saturated carbocycles. The molecule has 1 amide bonds. The standard InChI is InChI=1S/C21H28N2O3/c1-5-23(6-2)20(17-10-8-7-9-11-17)21(24)22-15-16-12-18(25-3)14-19(13-16)26-4/h7-14,20H,5-6,15H2,1-4H3,(H,22,24). The van der Waals surface area contributed by atoms with Gasteiger partial charge in [-0.05, 0) is 36.3 Å². The van der Waals surface area contributed by atoms with Gasteiger partial charge in [-0.1, -0.05) is 44.2 Å². The van der Waals surface area contributed by atoms with Crippen molar-refractivity contribution < 1.29 is 14.3 Å². The predicted molar refractivity (Wildman–Crippen MR) is 103 cm³/mol. The van der Waals surface area contributed by atoms with Gasteiger partial charge in [-0.15, -0.1) is 0 Å². The highest BCUT2D eigenvalue weighted by Gasteiger charge is 2.25. The number of amides is 1. The number of benzene rings is 2. The molecule has 26 heavy (non-hydrogen) atoms. The first-order chi connectivity index (χ1) is 12.6. The lowest BCUT2D eigenvalue weighted by Gasteiger charge is -2.29. The van der Waals surface area contributed by atoms with Gasteiger partial charge in [0.1, 0.15) is 17.5 Å². The monoisotopic (exact) mass is 356 g/mol. The predicted octanol–water partition coefficient (Wildman–Crippen LogP) is 3.40. The third-order valence-electron chi connectivity index (χ3n) is 4.42. The van der Waals surface area contributed by atoms with Crippen LogP contribution in [0.3, 0.4) is 0 Å². The Balaban J connectivity index is 2.17. The maximum atomic E-state index is 13.0. The maximum Gasteiger partial charge on any atom is 0.242 e. The highest BCUT2D eigenvalue weighted by molar-refractivity contribution is 5.83. The fourth-order valence-corrected chi connectivity index (χ4v) is 3.01. The molecule has 0 radical (unpaired) electrons. The molecular weight excluding hydrogens is 328 g/mol. The summed E-state index contributed by atoms with van der Waals surface area (Å²) in [5.41, 5.74) is 1.93. The fourth-order valence-electron chi connectivity index (χ4n) is 3.01. The lowest BCUT2D eigenvalue weighted by atomic mass is 10.0. The second-order valence-electron chi connectivity index (χ2n) is 5.97. The van der Waals surface area contributed by atoms with E-state index in [0.29, 0.717) is 18.0 Å². The number of hydrogen-bond donors (Lipinski definition) is 1. The van der Waals surface area contributed by atoms with E-state index in [1.54, 1.807) is 14.2 Å². The minimum absolute atomic E-state index is 0.0123. The smallest absolute Gasteiger partial charge is 0.242 e. The highest BCUT2D eigenvalue weighted by Crippen LogP contribution is 2.24. The zero-order chi connectivity index (χ0) is 18.9. The van der Waals surface area contributed by atoms with E-state index in [9.17, 15) is 4.79 Å². The molecule has 5 heteroatoms. The molecule has 2 rings (SSSR count). The van der Waals surface area contributed by atoms with E-state index in [-0.39, 0.29) is 11.9 Å². The first-order valence-corrected chi connectivity index (χ1v) is 8.91. The molecule has 5 nitrogen and oxygen atoms in total. The van der Waals surface area contributed by atoms with Crippen molar-refractivity contribution in [3.8, 4) is 11.5 Å². The molecule has 2 aromatic rings. The summed E-state index contributed by atoms with van der Waals surface area (Å²) in [5.74, 6) is 1.40. The van der Waals surface area contributed by atoms with Crippen LogP contribution in [0.2, 0.25) is 0 Å². The average Bonchev–Trinajstić information content (AvgIpc) is 2.70. The van der Waals surface area contributed by atoms with Gasteiger partial charge in [0.25, 0.3) is 0 Å². The maximum absolute atomic E-state index is 13.0. The molecule has 0 fully saturated rings. The van der Waals surface area contributed by atoms with E-state index in [1.165, 1.54) is 0 Å². The Morgan fingerprint density at radius 1 is 1.00 bits per heavy atom. The summed E-state index contributed by atoms with van der Waals surface area (Å²) in [7, 11) is 3.23. The van der Waals surface area contributed by atoms with E-state index in [0.717, 1.165) is 24.2 Å². The second-order valence-corrected chi connectivity index (χ2v) is 5.97. The Labute approximate surface area is 155 Å². The second kappa shape index (κ2) is 9.82. The minimum atomic E-state index is -0.307. The van der Waals surface area contributed by atoms with Crippen molar-refractivity contribution in [3.63, 3.8) is 0 Å². The summed E-state index contributed by atoms with van der Waals surface area (Å²) in [4.78, 5) is 15.1. The quantitative estimate of drug-likeness (QED) is 0.748. The van der Waals surface area contributed by atoms with Gasteiger partial charge in [-0.3, -0.25) is 9.69 Å². The van der Waals surface area contributed by atoms with Crippen LogP contribution in [0.4, 0.5) is 0 Å². The average molecular weight is 356 g/mol. The van der Waals surface area contributed by atoms with Crippen molar-refractivity contribution in [2.45, 2.75) is 26.4 Å². The Morgan fingerprint density at radius 2 is 1.58 bits per heavy atom. The summed E-state index contributed by atoms with van der Waals surface area (Å²) in [5, 5.41) is 3.06. The Hall–Kier alpha value is -2.53. The number of likely N-dealkylation sites (N-methyl/N-ethyl adjacent to an activating group) is 1. The van der Waals surface area contributed by atoms with E-state index in [2.05, 4.69) is 24.1 Å². The van der Waals surface area contributed by atoms with Gasteiger partial charge >= 0.3 is 0 Å². The van der Waals surface area contributed by atoms with Gasteiger partial charge in [0, 0.05) is 12.6 Å². The zero-order valence-corrected chi connectivity index (χ0v) is 16.0. The van der Waals surface area contributed by atoms with Crippen LogP contribution in [0.25, 0.3) is 0 Å². The van der Waals surface area contributed by atoms with E-state index < -0.39 is 0 Å². The Bertz CT molecular complexity index is 677. The van der Waals surface area contributed by atoms with Crippen LogP contribution >= 0.6 is 0 Å². The molecule has 0 aliphatic heterocycles. The number of rotatable bonds is 9. The number of nitrogens with zero attached hydrogens (tertiary/aromatic N) is 1. The molecule has 0 aliphatic carbocycles. The Morgan fingerprint density at radius 3 is 2.08 bits per heavy atom. The largest absolute Gasteiger partial charge is 0.497 e. The number of methoxy groups -OCH3 is 2. The van der Waals surface area contributed by atoms with Crippen molar-refractivity contribution in [2.24, 2.45) is 0 Å². The van der Waals surface area contributed by atoms with E-state index in [1.807, 2.05) is 48.5 Å². The lowest BCUT2D eigenvalue weighted by molar-refractivity contribution is -0.126. The molecule has 1 unspecified atom stereocenters. The summed E-state index contributed by atoms with van der Waals surface area (Å²) < 4.78 is 10.6. The fraction of sp³-hybridized carbons (Fsp3) is 0.381. The van der Waals surface area contributed by atoms with Crippen molar-refractivity contribution >= 4 is 5.91 Å². The van der Waals surface area contributed by atoms with Crippen LogP contribution < -0.4 is 14.8 Å². The highest BCUT2D eigenvalue weighted by atomic mass is 16.5. The number of ether oxygens (including phenoxy) is 2. The molecule has 1 N–H and O–H groups in total. The first-order valence-electron chi connectivity index (χ1n) is 8.91. The first kappa shape index (κ1) is 19.8. The zero-order valence-electron chi connectivity index (χ0n) is 16.0. The Kier molecular flexibility index (Phi) is 7.48. The molecule has 140 valence electrons. The van der Waals surface area contributed by atoms with Crippen molar-refractivity contribution in [2.75, 3.05) is 27.3 Å². The van der Waals surface area contributed by atoms with Crippen LogP contribution in [0, 0.1) is 0 Å². The van der Waals surface area contributed by atoms with Crippen molar-refractivity contribution in [1.82, 2.24) is 10.2 Å². The molecule has 0 bridgehead atoms. The van der Waals surface area contributed by atoms with E-state index >= 15 is 0 Å². The molecule has 1 atom stereocenters. The normalized spacial score (nSPS) is 11.9. The summed E-state index contributed by atoms with van der Waals surface area (Å²) in [6, 6.07) is 15.2. The molecule has 0 spiro atoms. The minimum Gasteiger partial charge on any atom is -0.497 e. The van der Waals surface area contributed by atoms with Gasteiger partial charge in [0.15, 0.2) is 0 Å². The van der Waals surface area contributed by atoms with Crippen LogP contribution in [0.1, 0.15) is 31.0 Å². The van der Waals surface area contributed by atoms with Crippen molar-refractivity contribution in [3.05, 3.63) is 59.7 Å². The van der Waals surface area contributed by atoms with Gasteiger partial charge in [0.05, 0.1) is 14.2 Å². The van der Waals surface area contributed by atoms with E-state index in [4.69, 9.17) is 9.47 Å². The summed E-state index contributed by atoms with van der Waals surface area (Å²) in [6.07, 6.45) is 0.